The summed E-state index contributed by atoms with van der Waals surface area (Å²) in [4.78, 5) is 0. The van der Waals surface area contributed by atoms with Crippen LogP contribution in [-0.4, -0.2) is 43.6 Å². The monoisotopic (exact) mass is 295 g/mol. The predicted molar refractivity (Wildman–Crippen MR) is 84.2 cm³/mol. The summed E-state index contributed by atoms with van der Waals surface area (Å²) in [6, 6.07) is 0.367. The van der Waals surface area contributed by atoms with Crippen LogP contribution in [0.15, 0.2) is 23.4 Å². The molecule has 120 valence electrons. The zero-order valence-electron chi connectivity index (χ0n) is 13.2. The number of rotatable bonds is 7. The van der Waals surface area contributed by atoms with Gasteiger partial charge in [-0.1, -0.05) is 13.0 Å². The fraction of sp³-hybridized carbons (Fsp3) is 0.750. The van der Waals surface area contributed by atoms with Gasteiger partial charge in [0.2, 0.25) is 0 Å². The minimum atomic E-state index is 0.329. The minimum absolute atomic E-state index is 0.329. The number of nitrogens with one attached hydrogen (secondary N) is 3. The van der Waals surface area contributed by atoms with Gasteiger partial charge in [0.15, 0.2) is 0 Å². The van der Waals surface area contributed by atoms with Crippen molar-refractivity contribution in [1.29, 1.82) is 0 Å². The Kier molecular flexibility index (Phi) is 6.70. The number of hydrogen-bond acceptors (Lipinski definition) is 5. The molecule has 5 nitrogen and oxygen atoms in total. The molecule has 2 aliphatic rings. The molecule has 5 heteroatoms. The van der Waals surface area contributed by atoms with Crippen molar-refractivity contribution in [3.8, 4) is 0 Å². The van der Waals surface area contributed by atoms with E-state index in [-0.39, 0.29) is 0 Å². The molecule has 0 bridgehead atoms. The number of allylic oxidation sites excluding steroid dienone is 3. The van der Waals surface area contributed by atoms with Crippen molar-refractivity contribution in [1.82, 2.24) is 16.1 Å². The van der Waals surface area contributed by atoms with E-state index in [0.29, 0.717) is 24.6 Å². The molecule has 0 aromatic rings. The molecule has 0 aromatic heterocycles. The molecule has 4 N–H and O–H groups in total. The quantitative estimate of drug-likeness (QED) is 0.424. The molecule has 21 heavy (non-hydrogen) atoms. The van der Waals surface area contributed by atoms with Gasteiger partial charge in [0, 0.05) is 31.4 Å². The maximum absolute atomic E-state index is 8.65. The zero-order chi connectivity index (χ0) is 15.1. The Balaban J connectivity index is 1.88. The van der Waals surface area contributed by atoms with Gasteiger partial charge in [-0.15, -0.1) is 0 Å². The SMILES string of the molecule is CC1=CC(C(C)C[C@H]2CNCCO2)=CC(CCCNO)N1. The molecule has 2 unspecified atom stereocenters. The van der Waals surface area contributed by atoms with E-state index in [9.17, 15) is 0 Å². The summed E-state index contributed by atoms with van der Waals surface area (Å²) < 4.78 is 5.81. The molecule has 0 aliphatic carbocycles. The van der Waals surface area contributed by atoms with Gasteiger partial charge in [-0.3, -0.25) is 0 Å². The van der Waals surface area contributed by atoms with E-state index in [1.807, 2.05) is 0 Å². The third kappa shape index (κ3) is 5.43. The highest BCUT2D eigenvalue weighted by Crippen LogP contribution is 2.24. The second kappa shape index (κ2) is 8.54. The van der Waals surface area contributed by atoms with Crippen molar-refractivity contribution in [2.24, 2.45) is 5.92 Å². The van der Waals surface area contributed by atoms with Crippen molar-refractivity contribution in [3.05, 3.63) is 23.4 Å². The lowest BCUT2D eigenvalue weighted by Crippen LogP contribution is -2.39. The molecule has 0 saturated carbocycles. The van der Waals surface area contributed by atoms with Gasteiger partial charge in [-0.2, -0.15) is 0 Å². The number of morpholine rings is 1. The Morgan fingerprint density at radius 3 is 3.10 bits per heavy atom. The molecule has 2 aliphatic heterocycles. The van der Waals surface area contributed by atoms with Crippen LogP contribution in [0.1, 0.15) is 33.1 Å². The van der Waals surface area contributed by atoms with Crippen molar-refractivity contribution >= 4 is 0 Å². The van der Waals surface area contributed by atoms with Crippen LogP contribution in [0.5, 0.6) is 0 Å². The summed E-state index contributed by atoms with van der Waals surface area (Å²) in [5.74, 6) is 0.505. The number of ether oxygens (including phenoxy) is 1. The van der Waals surface area contributed by atoms with E-state index in [2.05, 4.69) is 42.1 Å². The molecule has 1 fully saturated rings. The van der Waals surface area contributed by atoms with Crippen LogP contribution >= 0.6 is 0 Å². The molecule has 2 rings (SSSR count). The van der Waals surface area contributed by atoms with Gasteiger partial charge < -0.3 is 20.6 Å². The molecular formula is C16H29N3O2. The van der Waals surface area contributed by atoms with Gasteiger partial charge in [-0.25, -0.2) is 5.48 Å². The van der Waals surface area contributed by atoms with E-state index in [0.717, 1.165) is 39.0 Å². The minimum Gasteiger partial charge on any atom is -0.382 e. The van der Waals surface area contributed by atoms with Crippen LogP contribution in [0.2, 0.25) is 0 Å². The second-order valence-electron chi connectivity index (χ2n) is 6.13. The largest absolute Gasteiger partial charge is 0.382 e. The molecule has 1 saturated heterocycles. The second-order valence-corrected chi connectivity index (χ2v) is 6.13. The fourth-order valence-corrected chi connectivity index (χ4v) is 3.07. The average Bonchev–Trinajstić information content (AvgIpc) is 2.48. The van der Waals surface area contributed by atoms with Gasteiger partial charge in [0.05, 0.1) is 12.7 Å². The molecule has 0 aromatic carbocycles. The Labute approximate surface area is 127 Å². The Morgan fingerprint density at radius 2 is 2.38 bits per heavy atom. The third-order valence-electron chi connectivity index (χ3n) is 4.18. The van der Waals surface area contributed by atoms with E-state index in [1.165, 1.54) is 11.3 Å². The first kappa shape index (κ1) is 16.5. The number of dihydropyridines is 1. The van der Waals surface area contributed by atoms with Crippen LogP contribution in [0.3, 0.4) is 0 Å². The van der Waals surface area contributed by atoms with Crippen molar-refractivity contribution in [2.75, 3.05) is 26.2 Å². The number of hydrogen-bond donors (Lipinski definition) is 4. The first-order chi connectivity index (χ1) is 10.2. The normalized spacial score (nSPS) is 27.6. The van der Waals surface area contributed by atoms with Crippen LogP contribution in [0.4, 0.5) is 0 Å². The lowest BCUT2D eigenvalue weighted by Gasteiger charge is -2.29. The molecule has 0 amide bonds. The van der Waals surface area contributed by atoms with Gasteiger partial charge in [-0.05, 0) is 43.8 Å². The van der Waals surface area contributed by atoms with E-state index < -0.39 is 0 Å². The Bertz CT molecular complexity index is 376. The number of hydroxylamine groups is 1. The van der Waals surface area contributed by atoms with E-state index in [4.69, 9.17) is 9.94 Å². The first-order valence-electron chi connectivity index (χ1n) is 8.05. The first-order valence-corrected chi connectivity index (χ1v) is 8.05. The summed E-state index contributed by atoms with van der Waals surface area (Å²) in [5, 5.41) is 15.5. The summed E-state index contributed by atoms with van der Waals surface area (Å²) in [6.07, 6.45) is 7.96. The van der Waals surface area contributed by atoms with Crippen LogP contribution in [0.25, 0.3) is 0 Å². The third-order valence-corrected chi connectivity index (χ3v) is 4.18. The highest BCUT2D eigenvalue weighted by Gasteiger charge is 2.21. The molecule has 3 atom stereocenters. The summed E-state index contributed by atoms with van der Waals surface area (Å²) in [7, 11) is 0. The Morgan fingerprint density at radius 1 is 1.52 bits per heavy atom. The smallest absolute Gasteiger partial charge is 0.0705 e. The van der Waals surface area contributed by atoms with Gasteiger partial charge in [0.25, 0.3) is 0 Å². The molecular weight excluding hydrogens is 266 g/mol. The van der Waals surface area contributed by atoms with Crippen LogP contribution in [-0.2, 0) is 4.74 Å². The summed E-state index contributed by atoms with van der Waals surface area (Å²) >= 11 is 0. The summed E-state index contributed by atoms with van der Waals surface area (Å²) in [6.45, 7) is 7.80. The lowest BCUT2D eigenvalue weighted by atomic mass is 9.89. The zero-order valence-corrected chi connectivity index (χ0v) is 13.2. The highest BCUT2D eigenvalue weighted by molar-refractivity contribution is 5.30. The molecule has 0 spiro atoms. The van der Waals surface area contributed by atoms with E-state index in [1.54, 1.807) is 0 Å². The average molecular weight is 295 g/mol. The maximum Gasteiger partial charge on any atom is 0.0705 e. The van der Waals surface area contributed by atoms with Gasteiger partial charge >= 0.3 is 0 Å². The van der Waals surface area contributed by atoms with Crippen LogP contribution < -0.4 is 16.1 Å². The summed E-state index contributed by atoms with van der Waals surface area (Å²) in [5.41, 5.74) is 4.85. The predicted octanol–water partition coefficient (Wildman–Crippen LogP) is 1.56. The van der Waals surface area contributed by atoms with Crippen molar-refractivity contribution in [2.45, 2.75) is 45.3 Å². The highest BCUT2D eigenvalue weighted by atomic mass is 16.5. The van der Waals surface area contributed by atoms with Crippen molar-refractivity contribution in [3.63, 3.8) is 0 Å². The standard InChI is InChI=1S/C16H29N3O2/c1-12(8-16-11-17-6-7-21-16)14-9-13(2)19-15(10-14)4-3-5-18-20/h9-10,12,15-20H,3-8,11H2,1-2H3/t12?,15?,16-/m0/s1. The van der Waals surface area contributed by atoms with Crippen LogP contribution in [0, 0.1) is 5.92 Å². The fourth-order valence-electron chi connectivity index (χ4n) is 3.07. The van der Waals surface area contributed by atoms with Gasteiger partial charge in [0.1, 0.15) is 0 Å². The topological polar surface area (TPSA) is 65.5 Å². The lowest BCUT2D eigenvalue weighted by molar-refractivity contribution is 0.0176. The maximum atomic E-state index is 8.65. The Hall–Kier alpha value is -0.880. The molecule has 2 heterocycles. The molecule has 0 radical (unpaired) electrons. The van der Waals surface area contributed by atoms with E-state index >= 15 is 0 Å². The van der Waals surface area contributed by atoms with Crippen molar-refractivity contribution < 1.29 is 9.94 Å².